The van der Waals surface area contributed by atoms with Gasteiger partial charge in [-0.3, -0.25) is 14.5 Å². The highest BCUT2D eigenvalue weighted by Crippen LogP contribution is 2.31. The molecule has 0 saturated carbocycles. The Hall–Kier alpha value is -2.83. The minimum absolute atomic E-state index is 0.0577. The smallest absolute Gasteiger partial charge is 0.327 e. The molecule has 0 aliphatic carbocycles. The summed E-state index contributed by atoms with van der Waals surface area (Å²) in [5.41, 5.74) is 2.06. The van der Waals surface area contributed by atoms with Gasteiger partial charge in [0.25, 0.3) is 5.91 Å². The summed E-state index contributed by atoms with van der Waals surface area (Å²) in [5.74, 6) is 0.0991. The second-order valence-corrected chi connectivity index (χ2v) is 10.4. The molecule has 1 aromatic carbocycles. The van der Waals surface area contributed by atoms with Crippen molar-refractivity contribution in [1.82, 2.24) is 19.7 Å². The van der Waals surface area contributed by atoms with Gasteiger partial charge in [0, 0.05) is 48.6 Å². The summed E-state index contributed by atoms with van der Waals surface area (Å²) in [4.78, 5) is 47.3. The molecule has 2 aromatic rings. The molecule has 32 heavy (non-hydrogen) atoms. The zero-order valence-electron chi connectivity index (χ0n) is 19.6. The zero-order valence-corrected chi connectivity index (χ0v) is 19.6. The molecule has 1 aromatic heterocycles. The first kappa shape index (κ1) is 22.4. The SMILES string of the molecule is CC(C)CN1C(=O)C2CN(C(=O)CCCc3c[nH]c4ccccc34)CC(C)(C)CN2C1=O. The number of hydrogen-bond acceptors (Lipinski definition) is 3. The van der Waals surface area contributed by atoms with E-state index in [4.69, 9.17) is 0 Å². The number of nitrogens with one attached hydrogen (secondary N) is 1. The van der Waals surface area contributed by atoms with E-state index in [2.05, 4.69) is 31.0 Å². The minimum atomic E-state index is -0.569. The minimum Gasteiger partial charge on any atom is -0.361 e. The Labute approximate surface area is 189 Å². The Balaban J connectivity index is 1.43. The fourth-order valence-electron chi connectivity index (χ4n) is 5.00. The summed E-state index contributed by atoms with van der Waals surface area (Å²) in [7, 11) is 0. The van der Waals surface area contributed by atoms with Crippen LogP contribution in [0.1, 0.15) is 46.1 Å². The summed E-state index contributed by atoms with van der Waals surface area (Å²) < 4.78 is 0. The molecule has 2 saturated heterocycles. The quantitative estimate of drug-likeness (QED) is 0.700. The highest BCUT2D eigenvalue weighted by molar-refractivity contribution is 6.04. The lowest BCUT2D eigenvalue weighted by atomic mass is 9.92. The molecule has 2 aliphatic heterocycles. The fourth-order valence-corrected chi connectivity index (χ4v) is 5.00. The lowest BCUT2D eigenvalue weighted by molar-refractivity contribution is -0.134. The molecule has 1 atom stereocenters. The van der Waals surface area contributed by atoms with Gasteiger partial charge in [-0.25, -0.2) is 4.79 Å². The number of urea groups is 1. The van der Waals surface area contributed by atoms with Crippen molar-refractivity contribution in [3.05, 3.63) is 36.0 Å². The Morgan fingerprint density at radius 2 is 1.94 bits per heavy atom. The van der Waals surface area contributed by atoms with Crippen LogP contribution in [0.5, 0.6) is 0 Å². The van der Waals surface area contributed by atoms with E-state index in [1.165, 1.54) is 15.8 Å². The number of imide groups is 1. The summed E-state index contributed by atoms with van der Waals surface area (Å²) in [6, 6.07) is 7.40. The van der Waals surface area contributed by atoms with Crippen molar-refractivity contribution >= 4 is 28.7 Å². The van der Waals surface area contributed by atoms with Crippen LogP contribution in [0.2, 0.25) is 0 Å². The first-order valence-electron chi connectivity index (χ1n) is 11.6. The third kappa shape index (κ3) is 4.38. The van der Waals surface area contributed by atoms with Crippen molar-refractivity contribution in [1.29, 1.82) is 0 Å². The topological polar surface area (TPSA) is 76.7 Å². The lowest BCUT2D eigenvalue weighted by Gasteiger charge is -2.31. The first-order chi connectivity index (χ1) is 15.2. The van der Waals surface area contributed by atoms with E-state index in [1.807, 2.05) is 37.1 Å². The zero-order chi connectivity index (χ0) is 23.0. The van der Waals surface area contributed by atoms with Crippen LogP contribution in [-0.2, 0) is 16.0 Å². The molecule has 4 amide bonds. The first-order valence-corrected chi connectivity index (χ1v) is 11.6. The van der Waals surface area contributed by atoms with E-state index in [-0.39, 0.29) is 35.7 Å². The van der Waals surface area contributed by atoms with Crippen LogP contribution < -0.4 is 0 Å². The number of fused-ring (bicyclic) bond motifs is 2. The molecule has 172 valence electrons. The fraction of sp³-hybridized carbons (Fsp3) is 0.560. The Morgan fingerprint density at radius 1 is 1.19 bits per heavy atom. The number of aryl methyl sites for hydroxylation is 1. The van der Waals surface area contributed by atoms with E-state index < -0.39 is 6.04 Å². The Morgan fingerprint density at radius 3 is 2.69 bits per heavy atom. The predicted molar refractivity (Wildman–Crippen MR) is 124 cm³/mol. The Bertz CT molecular complexity index is 1030. The van der Waals surface area contributed by atoms with E-state index in [0.717, 1.165) is 18.4 Å². The van der Waals surface area contributed by atoms with E-state index in [0.29, 0.717) is 26.1 Å². The second-order valence-electron chi connectivity index (χ2n) is 10.4. The number of hydrogen-bond donors (Lipinski definition) is 1. The number of carbonyl (C=O) groups is 3. The summed E-state index contributed by atoms with van der Waals surface area (Å²) in [5, 5.41) is 1.20. The molecule has 0 bridgehead atoms. The van der Waals surface area contributed by atoms with Crippen molar-refractivity contribution in [3.63, 3.8) is 0 Å². The number of nitrogens with zero attached hydrogens (tertiary/aromatic N) is 3. The van der Waals surface area contributed by atoms with Crippen molar-refractivity contribution in [2.45, 2.75) is 53.0 Å². The van der Waals surface area contributed by atoms with Gasteiger partial charge in [-0.05, 0) is 30.4 Å². The average Bonchev–Trinajstić information content (AvgIpc) is 3.17. The van der Waals surface area contributed by atoms with Gasteiger partial charge in [0.1, 0.15) is 6.04 Å². The van der Waals surface area contributed by atoms with Crippen molar-refractivity contribution in [2.75, 3.05) is 26.2 Å². The van der Waals surface area contributed by atoms with Crippen LogP contribution in [0.15, 0.2) is 30.5 Å². The molecular formula is C25H34N4O3. The van der Waals surface area contributed by atoms with Gasteiger partial charge in [0.15, 0.2) is 0 Å². The standard InChI is InChI=1S/C25H34N4O3/c1-17(2)13-28-23(31)21-14-27(15-25(3,4)16-29(21)24(28)32)22(30)11-7-8-18-12-26-20-10-6-5-9-19(18)20/h5-6,9-10,12,17,21,26H,7-8,11,13-16H2,1-4H3. The predicted octanol–water partition coefficient (Wildman–Crippen LogP) is 3.65. The van der Waals surface area contributed by atoms with Crippen molar-refractivity contribution in [2.24, 2.45) is 11.3 Å². The number of rotatable bonds is 6. The third-order valence-corrected chi connectivity index (χ3v) is 6.43. The molecule has 1 unspecified atom stereocenters. The number of carbonyl (C=O) groups excluding carboxylic acids is 3. The van der Waals surface area contributed by atoms with Gasteiger partial charge in [-0.2, -0.15) is 0 Å². The Kier molecular flexibility index (Phi) is 6.01. The summed E-state index contributed by atoms with van der Waals surface area (Å²) in [6.07, 6.45) is 4.02. The van der Waals surface area contributed by atoms with Crippen LogP contribution in [0.4, 0.5) is 4.79 Å². The number of para-hydroxylation sites is 1. The monoisotopic (exact) mass is 438 g/mol. The van der Waals surface area contributed by atoms with E-state index in [9.17, 15) is 14.4 Å². The van der Waals surface area contributed by atoms with Crippen LogP contribution in [-0.4, -0.2) is 69.8 Å². The molecule has 2 aliphatic rings. The molecule has 0 spiro atoms. The lowest BCUT2D eigenvalue weighted by Crippen LogP contribution is -2.44. The van der Waals surface area contributed by atoms with Gasteiger partial charge >= 0.3 is 6.03 Å². The normalized spacial score (nSPS) is 20.9. The van der Waals surface area contributed by atoms with Crippen LogP contribution in [0, 0.1) is 11.3 Å². The van der Waals surface area contributed by atoms with Gasteiger partial charge in [0.05, 0.1) is 6.54 Å². The van der Waals surface area contributed by atoms with Crippen molar-refractivity contribution in [3.8, 4) is 0 Å². The second kappa shape index (κ2) is 8.60. The number of benzene rings is 1. The number of amides is 4. The largest absolute Gasteiger partial charge is 0.361 e. The molecule has 2 fully saturated rings. The number of aromatic nitrogens is 1. The maximum absolute atomic E-state index is 13.2. The van der Waals surface area contributed by atoms with Crippen LogP contribution >= 0.6 is 0 Å². The maximum atomic E-state index is 13.2. The maximum Gasteiger partial charge on any atom is 0.327 e. The van der Waals surface area contributed by atoms with Gasteiger partial charge in [-0.1, -0.05) is 45.9 Å². The molecule has 3 heterocycles. The molecular weight excluding hydrogens is 404 g/mol. The number of aromatic amines is 1. The van der Waals surface area contributed by atoms with Gasteiger partial charge in [-0.15, -0.1) is 0 Å². The van der Waals surface area contributed by atoms with Crippen molar-refractivity contribution < 1.29 is 14.4 Å². The molecule has 7 nitrogen and oxygen atoms in total. The van der Waals surface area contributed by atoms with Crippen LogP contribution in [0.3, 0.4) is 0 Å². The third-order valence-electron chi connectivity index (χ3n) is 6.43. The summed E-state index contributed by atoms with van der Waals surface area (Å²) >= 11 is 0. The average molecular weight is 439 g/mol. The summed E-state index contributed by atoms with van der Waals surface area (Å²) in [6.45, 7) is 9.86. The van der Waals surface area contributed by atoms with Crippen LogP contribution in [0.25, 0.3) is 10.9 Å². The molecule has 1 N–H and O–H groups in total. The highest BCUT2D eigenvalue weighted by atomic mass is 16.2. The van der Waals surface area contributed by atoms with E-state index >= 15 is 0 Å². The molecule has 4 rings (SSSR count). The van der Waals surface area contributed by atoms with E-state index in [1.54, 1.807) is 4.90 Å². The molecule has 7 heteroatoms. The van der Waals surface area contributed by atoms with Gasteiger partial charge in [0.2, 0.25) is 5.91 Å². The molecule has 0 radical (unpaired) electrons. The highest BCUT2D eigenvalue weighted by Gasteiger charge is 2.50. The van der Waals surface area contributed by atoms with Gasteiger partial charge < -0.3 is 14.8 Å². The number of H-pyrrole nitrogens is 1.